The number of anilines is 1. The van der Waals surface area contributed by atoms with Crippen LogP contribution in [0.3, 0.4) is 0 Å². The number of esters is 1. The van der Waals surface area contributed by atoms with Crippen LogP contribution in [0.15, 0.2) is 109 Å². The van der Waals surface area contributed by atoms with Crippen LogP contribution in [0.25, 0.3) is 10.8 Å². The number of aliphatic hydroxyl groups is 1. The number of nitrogens with one attached hydrogen (secondary N) is 2. The first-order chi connectivity index (χ1) is 24.4. The fraction of sp³-hybridized carbons (Fsp3) is 0.317. The Morgan fingerprint density at radius 2 is 1.60 bits per heavy atom. The molecule has 0 aromatic heterocycles. The summed E-state index contributed by atoms with van der Waals surface area (Å²) in [5.41, 5.74) is 3.65. The highest BCUT2D eigenvalue weighted by molar-refractivity contribution is 6.00. The first kappa shape index (κ1) is 34.6. The number of amides is 3. The van der Waals surface area contributed by atoms with E-state index in [1.807, 2.05) is 103 Å². The molecule has 0 spiro atoms. The van der Waals surface area contributed by atoms with Crippen LogP contribution >= 0.6 is 0 Å². The molecule has 4 aromatic carbocycles. The van der Waals surface area contributed by atoms with E-state index in [0.717, 1.165) is 27.5 Å². The van der Waals surface area contributed by atoms with E-state index in [-0.39, 0.29) is 32.0 Å². The Morgan fingerprint density at radius 1 is 0.860 bits per heavy atom. The topological polar surface area (TPSA) is 125 Å². The molecule has 3 amide bonds. The Kier molecular flexibility index (Phi) is 11.4. The molecule has 2 heterocycles. The summed E-state index contributed by atoms with van der Waals surface area (Å²) in [5.74, 6) is -2.95. The predicted octanol–water partition coefficient (Wildman–Crippen LogP) is 5.36. The highest BCUT2D eigenvalue weighted by atomic mass is 16.5. The van der Waals surface area contributed by atoms with Crippen LogP contribution in [0.5, 0.6) is 0 Å². The van der Waals surface area contributed by atoms with Gasteiger partial charge in [-0.25, -0.2) is 0 Å². The minimum Gasteiger partial charge on any atom is -0.463 e. The number of rotatable bonds is 7. The third kappa shape index (κ3) is 8.65. The monoisotopic (exact) mass is 673 g/mol. The summed E-state index contributed by atoms with van der Waals surface area (Å²) in [6.07, 6.45) is 6.08. The maximum atomic E-state index is 13.9. The van der Waals surface area contributed by atoms with Crippen molar-refractivity contribution in [2.45, 2.75) is 57.2 Å². The van der Waals surface area contributed by atoms with Crippen LogP contribution in [0.4, 0.5) is 5.69 Å². The van der Waals surface area contributed by atoms with Gasteiger partial charge in [0, 0.05) is 18.7 Å². The summed E-state index contributed by atoms with van der Waals surface area (Å²) in [5, 5.41) is 17.8. The molecular weight excluding hydrogens is 630 g/mol. The lowest BCUT2D eigenvalue weighted by Gasteiger charge is -2.36. The Balaban J connectivity index is 1.23. The number of ether oxygens (including phenoxy) is 1. The number of carbonyl (C=O) groups is 4. The van der Waals surface area contributed by atoms with Gasteiger partial charge in [0.2, 0.25) is 11.8 Å². The summed E-state index contributed by atoms with van der Waals surface area (Å²) in [6.45, 7) is -0.206. The van der Waals surface area contributed by atoms with Crippen molar-refractivity contribution < 1.29 is 29.0 Å². The van der Waals surface area contributed by atoms with Crippen LogP contribution in [-0.4, -0.2) is 59.0 Å². The Morgan fingerprint density at radius 3 is 2.40 bits per heavy atom. The lowest BCUT2D eigenvalue weighted by molar-refractivity contribution is -0.150. The summed E-state index contributed by atoms with van der Waals surface area (Å²) in [7, 11) is 0. The molecule has 3 N–H and O–H groups in total. The van der Waals surface area contributed by atoms with E-state index in [0.29, 0.717) is 37.9 Å². The van der Waals surface area contributed by atoms with Gasteiger partial charge in [-0.05, 0) is 71.7 Å². The number of allylic oxidation sites excluding steroid dienone is 2. The van der Waals surface area contributed by atoms with Crippen molar-refractivity contribution in [2.24, 2.45) is 11.8 Å². The number of cyclic esters (lactones) is 1. The summed E-state index contributed by atoms with van der Waals surface area (Å²) < 4.78 is 5.76. The Hall–Kier alpha value is -5.28. The second-order valence-corrected chi connectivity index (χ2v) is 13.1. The van der Waals surface area contributed by atoms with Gasteiger partial charge in [-0.15, -0.1) is 0 Å². The molecule has 0 saturated carbocycles. The zero-order chi connectivity index (χ0) is 34.9. The van der Waals surface area contributed by atoms with Gasteiger partial charge in [0.1, 0.15) is 12.6 Å². The number of carbonyl (C=O) groups excluding carboxylic acids is 4. The van der Waals surface area contributed by atoms with Crippen LogP contribution < -0.4 is 10.6 Å². The number of nitrogens with zero attached hydrogens (tertiary/aromatic N) is 1. The molecule has 0 bridgehead atoms. The SMILES string of the molecule is O=C1NC(C(=O)Nc2ccc3ccccc3c2)COC(=O)C(Cc2ccccc2)CCC=CCC1CC(=O)N1Cc2ccccc2CC1CO. The van der Waals surface area contributed by atoms with Crippen molar-refractivity contribution in [3.8, 4) is 0 Å². The predicted molar refractivity (Wildman–Crippen MR) is 192 cm³/mol. The number of hydrogen-bond acceptors (Lipinski definition) is 6. The molecule has 9 heteroatoms. The normalized spacial score (nSPS) is 21.5. The number of aliphatic hydroxyl groups excluding tert-OH is 1. The van der Waals surface area contributed by atoms with Gasteiger partial charge in [-0.1, -0.05) is 97.1 Å². The van der Waals surface area contributed by atoms with Crippen molar-refractivity contribution in [3.05, 3.63) is 126 Å². The molecular formula is C41H43N3O6. The Labute approximate surface area is 292 Å². The molecule has 0 aliphatic carbocycles. The van der Waals surface area contributed by atoms with Gasteiger partial charge in [0.15, 0.2) is 0 Å². The summed E-state index contributed by atoms with van der Waals surface area (Å²) >= 11 is 0. The van der Waals surface area contributed by atoms with Gasteiger partial charge in [-0.3, -0.25) is 19.2 Å². The zero-order valence-corrected chi connectivity index (χ0v) is 28.0. The first-order valence-electron chi connectivity index (χ1n) is 17.3. The molecule has 50 heavy (non-hydrogen) atoms. The van der Waals surface area contributed by atoms with Crippen molar-refractivity contribution in [2.75, 3.05) is 18.5 Å². The molecule has 4 aromatic rings. The lowest BCUT2D eigenvalue weighted by atomic mass is 9.92. The summed E-state index contributed by atoms with van der Waals surface area (Å²) in [4.78, 5) is 56.6. The largest absolute Gasteiger partial charge is 0.463 e. The first-order valence-corrected chi connectivity index (χ1v) is 17.3. The maximum Gasteiger partial charge on any atom is 0.309 e. The van der Waals surface area contributed by atoms with Gasteiger partial charge in [-0.2, -0.15) is 0 Å². The average molecular weight is 674 g/mol. The van der Waals surface area contributed by atoms with E-state index in [1.54, 1.807) is 11.0 Å². The summed E-state index contributed by atoms with van der Waals surface area (Å²) in [6, 6.07) is 29.3. The van der Waals surface area contributed by atoms with Gasteiger partial charge in [0.05, 0.1) is 24.5 Å². The second kappa shape index (κ2) is 16.4. The molecule has 2 aliphatic heterocycles. The van der Waals surface area contributed by atoms with Crippen molar-refractivity contribution in [3.63, 3.8) is 0 Å². The van der Waals surface area contributed by atoms with Crippen molar-refractivity contribution in [1.29, 1.82) is 0 Å². The fourth-order valence-corrected chi connectivity index (χ4v) is 6.78. The maximum absolute atomic E-state index is 13.9. The van der Waals surface area contributed by atoms with Crippen LogP contribution in [0.1, 0.15) is 42.4 Å². The number of hydrogen-bond donors (Lipinski definition) is 3. The third-order valence-corrected chi connectivity index (χ3v) is 9.65. The highest BCUT2D eigenvalue weighted by Gasteiger charge is 2.34. The van der Waals surface area contributed by atoms with E-state index < -0.39 is 41.7 Å². The smallest absolute Gasteiger partial charge is 0.309 e. The van der Waals surface area contributed by atoms with Gasteiger partial charge < -0.3 is 25.4 Å². The zero-order valence-electron chi connectivity index (χ0n) is 28.0. The molecule has 9 nitrogen and oxygen atoms in total. The quantitative estimate of drug-likeness (QED) is 0.179. The van der Waals surface area contributed by atoms with Crippen LogP contribution in [0, 0.1) is 11.8 Å². The van der Waals surface area contributed by atoms with E-state index in [1.165, 1.54) is 0 Å². The molecule has 4 atom stereocenters. The van der Waals surface area contributed by atoms with Crippen molar-refractivity contribution >= 4 is 40.2 Å². The molecule has 0 saturated heterocycles. The lowest BCUT2D eigenvalue weighted by Crippen LogP contribution is -2.51. The fourth-order valence-electron chi connectivity index (χ4n) is 6.78. The molecule has 4 unspecified atom stereocenters. The average Bonchev–Trinajstić information content (AvgIpc) is 3.15. The van der Waals surface area contributed by atoms with Crippen LogP contribution in [0.2, 0.25) is 0 Å². The third-order valence-electron chi connectivity index (χ3n) is 9.65. The number of benzene rings is 4. The molecule has 0 fully saturated rings. The number of fused-ring (bicyclic) bond motifs is 2. The van der Waals surface area contributed by atoms with E-state index >= 15 is 0 Å². The standard InChI is InChI=1S/C41H43N3O6/c45-26-36-23-31-15-9-10-18-34(31)25-44(36)38(46)24-32-16-5-2-6-17-33(21-28-11-3-1-4-12-28)41(49)50-27-37(43-39(32)47)40(48)42-35-20-19-29-13-7-8-14-30(29)22-35/h1-5,7-15,18-20,22,32-33,36-37,45H,6,16-17,21,23-27H2,(H,42,48)(H,43,47). The molecule has 6 rings (SSSR count). The molecule has 2 aliphatic rings. The van der Waals surface area contributed by atoms with Gasteiger partial charge >= 0.3 is 5.97 Å². The van der Waals surface area contributed by atoms with Crippen molar-refractivity contribution in [1.82, 2.24) is 10.2 Å². The molecule has 258 valence electrons. The Bertz CT molecular complexity index is 1860. The minimum absolute atomic E-state index is 0.107. The minimum atomic E-state index is -1.20. The van der Waals surface area contributed by atoms with Crippen LogP contribution in [-0.2, 0) is 43.3 Å². The van der Waals surface area contributed by atoms with Gasteiger partial charge in [0.25, 0.3) is 5.91 Å². The molecule has 0 radical (unpaired) electrons. The highest BCUT2D eigenvalue weighted by Crippen LogP contribution is 2.26. The second-order valence-electron chi connectivity index (χ2n) is 13.1. The van der Waals surface area contributed by atoms with E-state index in [9.17, 15) is 24.3 Å². The van der Waals surface area contributed by atoms with E-state index in [2.05, 4.69) is 10.6 Å². The van der Waals surface area contributed by atoms with E-state index in [4.69, 9.17) is 4.74 Å².